The summed E-state index contributed by atoms with van der Waals surface area (Å²) >= 11 is 0. The highest BCUT2D eigenvalue weighted by Gasteiger charge is 2.09. The molecule has 5 heteroatoms. The number of ether oxygens (including phenoxy) is 1. The van der Waals surface area contributed by atoms with Crippen LogP contribution in [0, 0.1) is 0 Å². The van der Waals surface area contributed by atoms with E-state index in [0.29, 0.717) is 11.5 Å². The molecule has 0 atom stereocenters. The van der Waals surface area contributed by atoms with Crippen LogP contribution in [0.2, 0.25) is 0 Å². The molecule has 2 aromatic carbocycles. The van der Waals surface area contributed by atoms with E-state index in [1.54, 1.807) is 12.1 Å². The minimum Gasteiger partial charge on any atom is -0.457 e. The van der Waals surface area contributed by atoms with Crippen LogP contribution in [0.1, 0.15) is 18.9 Å². The van der Waals surface area contributed by atoms with Crippen molar-refractivity contribution in [1.29, 1.82) is 0 Å². The topological polar surface area (TPSA) is 43.4 Å². The van der Waals surface area contributed by atoms with Crippen molar-refractivity contribution in [3.63, 3.8) is 0 Å². The summed E-state index contributed by atoms with van der Waals surface area (Å²) in [6.45, 7) is 2.14. The summed E-state index contributed by atoms with van der Waals surface area (Å²) < 4.78 is 27.9. The maximum Gasteiger partial charge on any atom is 0.261 e. The molecule has 0 bridgehead atoms. The summed E-state index contributed by atoms with van der Waals surface area (Å²) in [4.78, 5) is 0.0600. The van der Waals surface area contributed by atoms with Crippen molar-refractivity contribution in [3.8, 4) is 11.5 Å². The quantitative estimate of drug-likeness (QED) is 0.771. The Kier molecular flexibility index (Phi) is 4.68. The Balaban J connectivity index is 2.10. The van der Waals surface area contributed by atoms with Crippen LogP contribution in [0.3, 0.4) is 0 Å². The number of hydrogen-bond donors (Lipinski definition) is 0. The Labute approximate surface area is 123 Å². The highest BCUT2D eigenvalue weighted by atomic mass is 35.7. The van der Waals surface area contributed by atoms with Gasteiger partial charge in [-0.3, -0.25) is 0 Å². The van der Waals surface area contributed by atoms with Crippen LogP contribution in [0.5, 0.6) is 11.5 Å². The van der Waals surface area contributed by atoms with E-state index < -0.39 is 9.05 Å². The first-order chi connectivity index (χ1) is 9.49. The molecule has 0 aromatic heterocycles. The molecule has 0 aliphatic carbocycles. The number of hydrogen-bond acceptors (Lipinski definition) is 3. The Hall–Kier alpha value is -1.52. The monoisotopic (exact) mass is 310 g/mol. The van der Waals surface area contributed by atoms with E-state index in [2.05, 4.69) is 6.92 Å². The van der Waals surface area contributed by atoms with Gasteiger partial charge in [0.1, 0.15) is 11.5 Å². The molecule has 0 aliphatic heterocycles. The van der Waals surface area contributed by atoms with Gasteiger partial charge < -0.3 is 4.74 Å². The zero-order chi connectivity index (χ0) is 14.6. The highest BCUT2D eigenvalue weighted by molar-refractivity contribution is 8.13. The Bertz CT molecular complexity index is 661. The zero-order valence-electron chi connectivity index (χ0n) is 11.0. The molecule has 0 spiro atoms. The third-order valence-corrected chi connectivity index (χ3v) is 4.17. The fourth-order valence-electron chi connectivity index (χ4n) is 1.82. The second-order valence-corrected chi connectivity index (χ2v) is 6.97. The summed E-state index contributed by atoms with van der Waals surface area (Å²) in [5.41, 5.74) is 1.27. The fourth-order valence-corrected chi connectivity index (χ4v) is 2.59. The average Bonchev–Trinajstić information content (AvgIpc) is 2.41. The second-order valence-electron chi connectivity index (χ2n) is 4.41. The Morgan fingerprint density at radius 3 is 1.90 bits per heavy atom. The lowest BCUT2D eigenvalue weighted by Gasteiger charge is -2.07. The van der Waals surface area contributed by atoms with Crippen molar-refractivity contribution >= 4 is 19.7 Å². The summed E-state index contributed by atoms with van der Waals surface area (Å²) in [5, 5.41) is 0. The van der Waals surface area contributed by atoms with Gasteiger partial charge >= 0.3 is 0 Å². The SMILES string of the molecule is CCCc1ccc(Oc2ccc(S(=O)(=O)Cl)cc2)cc1. The van der Waals surface area contributed by atoms with Gasteiger partial charge in [0, 0.05) is 10.7 Å². The molecule has 0 amide bonds. The van der Waals surface area contributed by atoms with Gasteiger partial charge in [-0.1, -0.05) is 25.5 Å². The molecule has 2 aromatic rings. The molecule has 0 saturated heterocycles. The molecule has 0 fully saturated rings. The minimum atomic E-state index is -3.69. The van der Waals surface area contributed by atoms with E-state index >= 15 is 0 Å². The van der Waals surface area contributed by atoms with Gasteiger partial charge in [0.2, 0.25) is 0 Å². The van der Waals surface area contributed by atoms with E-state index in [4.69, 9.17) is 15.4 Å². The summed E-state index contributed by atoms with van der Waals surface area (Å²) in [6.07, 6.45) is 2.15. The van der Waals surface area contributed by atoms with Gasteiger partial charge in [0.15, 0.2) is 0 Å². The van der Waals surface area contributed by atoms with Crippen molar-refractivity contribution in [2.45, 2.75) is 24.7 Å². The molecule has 0 saturated carbocycles. The molecular formula is C15H15ClO3S. The van der Waals surface area contributed by atoms with E-state index in [0.717, 1.165) is 12.8 Å². The maximum atomic E-state index is 11.1. The van der Waals surface area contributed by atoms with Crippen LogP contribution in [0.25, 0.3) is 0 Å². The van der Waals surface area contributed by atoms with Crippen molar-refractivity contribution in [1.82, 2.24) is 0 Å². The van der Waals surface area contributed by atoms with Crippen LogP contribution in [0.4, 0.5) is 0 Å². The van der Waals surface area contributed by atoms with Crippen LogP contribution in [0.15, 0.2) is 53.4 Å². The highest BCUT2D eigenvalue weighted by Crippen LogP contribution is 2.24. The van der Waals surface area contributed by atoms with Gasteiger partial charge in [0.05, 0.1) is 4.90 Å². The lowest BCUT2D eigenvalue weighted by molar-refractivity contribution is 0.482. The minimum absolute atomic E-state index is 0.0600. The van der Waals surface area contributed by atoms with E-state index in [1.165, 1.54) is 17.7 Å². The van der Waals surface area contributed by atoms with E-state index in [1.807, 2.05) is 24.3 Å². The molecule has 2 rings (SSSR count). The lowest BCUT2D eigenvalue weighted by Crippen LogP contribution is -1.91. The van der Waals surface area contributed by atoms with Gasteiger partial charge in [-0.05, 0) is 48.4 Å². The predicted octanol–water partition coefficient (Wildman–Crippen LogP) is 4.36. The van der Waals surface area contributed by atoms with E-state index in [9.17, 15) is 8.42 Å². The van der Waals surface area contributed by atoms with Crippen molar-refractivity contribution in [2.75, 3.05) is 0 Å². The molecule has 3 nitrogen and oxygen atoms in total. The van der Waals surface area contributed by atoms with Crippen molar-refractivity contribution < 1.29 is 13.2 Å². The third-order valence-electron chi connectivity index (χ3n) is 2.80. The van der Waals surface area contributed by atoms with Gasteiger partial charge in [-0.2, -0.15) is 0 Å². The number of halogens is 1. The molecule has 0 N–H and O–H groups in total. The molecule has 106 valence electrons. The van der Waals surface area contributed by atoms with Crippen LogP contribution < -0.4 is 4.74 Å². The number of aryl methyl sites for hydroxylation is 1. The third kappa shape index (κ3) is 3.99. The summed E-state index contributed by atoms with van der Waals surface area (Å²) in [7, 11) is 1.56. The van der Waals surface area contributed by atoms with Gasteiger partial charge in [0.25, 0.3) is 9.05 Å². The van der Waals surface area contributed by atoms with Crippen molar-refractivity contribution in [3.05, 3.63) is 54.1 Å². The van der Waals surface area contributed by atoms with Crippen LogP contribution >= 0.6 is 10.7 Å². The van der Waals surface area contributed by atoms with E-state index in [-0.39, 0.29) is 4.90 Å². The second kappa shape index (κ2) is 6.29. The normalized spacial score (nSPS) is 11.3. The molecule has 0 heterocycles. The van der Waals surface area contributed by atoms with Gasteiger partial charge in [-0.15, -0.1) is 0 Å². The first-order valence-corrected chi connectivity index (χ1v) is 8.61. The predicted molar refractivity (Wildman–Crippen MR) is 80.0 cm³/mol. The average molecular weight is 311 g/mol. The van der Waals surface area contributed by atoms with Crippen LogP contribution in [-0.4, -0.2) is 8.42 Å². The number of benzene rings is 2. The first-order valence-electron chi connectivity index (χ1n) is 6.30. The number of rotatable bonds is 5. The molecule has 0 aliphatic rings. The van der Waals surface area contributed by atoms with Crippen LogP contribution in [-0.2, 0) is 15.5 Å². The standard InChI is InChI=1S/C15H15ClO3S/c1-2-3-12-4-6-13(7-5-12)19-14-8-10-15(11-9-14)20(16,17)18/h4-11H,2-3H2,1H3. The molecule has 20 heavy (non-hydrogen) atoms. The Morgan fingerprint density at radius 1 is 0.950 bits per heavy atom. The maximum absolute atomic E-state index is 11.1. The fraction of sp³-hybridized carbons (Fsp3) is 0.200. The van der Waals surface area contributed by atoms with Crippen molar-refractivity contribution in [2.24, 2.45) is 0 Å². The summed E-state index contributed by atoms with van der Waals surface area (Å²) in [5.74, 6) is 1.28. The smallest absolute Gasteiger partial charge is 0.261 e. The summed E-state index contributed by atoms with van der Waals surface area (Å²) in [6, 6.07) is 13.8. The molecular weight excluding hydrogens is 296 g/mol. The molecule has 0 unspecified atom stereocenters. The lowest BCUT2D eigenvalue weighted by atomic mass is 10.1. The first kappa shape index (κ1) is 14.9. The van der Waals surface area contributed by atoms with Gasteiger partial charge in [-0.25, -0.2) is 8.42 Å². The zero-order valence-corrected chi connectivity index (χ0v) is 12.6. The largest absolute Gasteiger partial charge is 0.457 e. The Morgan fingerprint density at radius 2 is 1.45 bits per heavy atom. The molecule has 0 radical (unpaired) electrons.